The third-order valence-corrected chi connectivity index (χ3v) is 3.72. The molecule has 0 atom stereocenters. The molecule has 1 fully saturated rings. The molecular formula is C17H18N2O4. The quantitative estimate of drug-likeness (QED) is 0.847. The Morgan fingerprint density at radius 3 is 2.48 bits per heavy atom. The van der Waals surface area contributed by atoms with Gasteiger partial charge in [0, 0.05) is 5.69 Å². The van der Waals surface area contributed by atoms with Crippen molar-refractivity contribution in [3.63, 3.8) is 0 Å². The second kappa shape index (κ2) is 7.11. The Morgan fingerprint density at radius 2 is 1.83 bits per heavy atom. The minimum atomic E-state index is -0.329. The lowest BCUT2D eigenvalue weighted by atomic mass is 10.1. The molecule has 3 rings (SSSR count). The van der Waals surface area contributed by atoms with Gasteiger partial charge in [0.25, 0.3) is 5.91 Å². The van der Waals surface area contributed by atoms with Gasteiger partial charge in [0.1, 0.15) is 12.4 Å². The summed E-state index contributed by atoms with van der Waals surface area (Å²) in [5.41, 5.74) is 1.53. The highest BCUT2D eigenvalue weighted by Crippen LogP contribution is 2.15. The monoisotopic (exact) mass is 314 g/mol. The van der Waals surface area contributed by atoms with E-state index in [1.807, 2.05) is 0 Å². The number of anilines is 1. The van der Waals surface area contributed by atoms with Crippen molar-refractivity contribution in [2.45, 2.75) is 18.9 Å². The molecule has 0 saturated carbocycles. The van der Waals surface area contributed by atoms with E-state index >= 15 is 0 Å². The molecule has 1 aromatic carbocycles. The van der Waals surface area contributed by atoms with Crippen LogP contribution < -0.4 is 10.6 Å². The lowest BCUT2D eigenvalue weighted by Crippen LogP contribution is -2.33. The zero-order valence-electron chi connectivity index (χ0n) is 12.6. The SMILES string of the molecule is O=C(Nc1ccc(C(=O)OC2CCNCC2)cc1)c1ccoc1. The summed E-state index contributed by atoms with van der Waals surface area (Å²) >= 11 is 0. The fraction of sp³-hybridized carbons (Fsp3) is 0.294. The Hall–Kier alpha value is -2.60. The van der Waals surface area contributed by atoms with Crippen molar-refractivity contribution in [1.82, 2.24) is 5.32 Å². The van der Waals surface area contributed by atoms with Gasteiger partial charge in [-0.15, -0.1) is 0 Å². The van der Waals surface area contributed by atoms with Crippen molar-refractivity contribution >= 4 is 17.6 Å². The van der Waals surface area contributed by atoms with Gasteiger partial charge in [-0.05, 0) is 56.3 Å². The summed E-state index contributed by atoms with van der Waals surface area (Å²) in [5, 5.41) is 5.96. The van der Waals surface area contributed by atoms with Gasteiger partial charge in [0.05, 0.1) is 17.4 Å². The topological polar surface area (TPSA) is 80.6 Å². The maximum absolute atomic E-state index is 12.1. The van der Waals surface area contributed by atoms with Gasteiger partial charge < -0.3 is 19.8 Å². The Kier molecular flexibility index (Phi) is 4.73. The number of benzene rings is 1. The van der Waals surface area contributed by atoms with Crippen LogP contribution in [0.2, 0.25) is 0 Å². The van der Waals surface area contributed by atoms with Gasteiger partial charge in [0.2, 0.25) is 0 Å². The van der Waals surface area contributed by atoms with E-state index in [2.05, 4.69) is 10.6 Å². The van der Waals surface area contributed by atoms with Gasteiger partial charge in [-0.2, -0.15) is 0 Å². The summed E-state index contributed by atoms with van der Waals surface area (Å²) in [4.78, 5) is 24.0. The first kappa shape index (κ1) is 15.3. The van der Waals surface area contributed by atoms with Crippen LogP contribution in [0.25, 0.3) is 0 Å². The van der Waals surface area contributed by atoms with Gasteiger partial charge in [-0.1, -0.05) is 0 Å². The third-order valence-electron chi connectivity index (χ3n) is 3.72. The number of esters is 1. The number of ether oxygens (including phenoxy) is 1. The van der Waals surface area contributed by atoms with E-state index in [1.165, 1.54) is 12.5 Å². The van der Waals surface area contributed by atoms with Gasteiger partial charge >= 0.3 is 5.97 Å². The van der Waals surface area contributed by atoms with Gasteiger partial charge in [-0.25, -0.2) is 4.79 Å². The van der Waals surface area contributed by atoms with Crippen LogP contribution in [0.1, 0.15) is 33.6 Å². The second-order valence-electron chi connectivity index (χ2n) is 5.40. The smallest absolute Gasteiger partial charge is 0.338 e. The Morgan fingerprint density at radius 1 is 1.09 bits per heavy atom. The van der Waals surface area contributed by atoms with E-state index in [0.29, 0.717) is 16.8 Å². The molecule has 1 aliphatic rings. The van der Waals surface area contributed by atoms with Crippen molar-refractivity contribution in [2.24, 2.45) is 0 Å². The minimum absolute atomic E-state index is 0.0239. The molecular weight excluding hydrogens is 296 g/mol. The number of hydrogen-bond donors (Lipinski definition) is 2. The molecule has 23 heavy (non-hydrogen) atoms. The Bertz CT molecular complexity index is 658. The highest BCUT2D eigenvalue weighted by Gasteiger charge is 2.18. The zero-order chi connectivity index (χ0) is 16.1. The van der Waals surface area contributed by atoms with E-state index in [4.69, 9.17) is 9.15 Å². The standard InChI is InChI=1S/C17H18N2O4/c20-16(13-7-10-22-11-13)19-14-3-1-12(2-4-14)17(21)23-15-5-8-18-9-6-15/h1-4,7,10-11,15,18H,5-6,8-9H2,(H,19,20). The predicted molar refractivity (Wildman–Crippen MR) is 84.4 cm³/mol. The Balaban J connectivity index is 1.58. The van der Waals surface area contributed by atoms with Crippen LogP contribution in [0.4, 0.5) is 5.69 Å². The van der Waals surface area contributed by atoms with Crippen LogP contribution in [0.5, 0.6) is 0 Å². The van der Waals surface area contributed by atoms with Crippen LogP contribution >= 0.6 is 0 Å². The van der Waals surface area contributed by atoms with Crippen LogP contribution in [0.3, 0.4) is 0 Å². The van der Waals surface area contributed by atoms with E-state index in [1.54, 1.807) is 30.3 Å². The van der Waals surface area contributed by atoms with Crippen LogP contribution in [0, 0.1) is 0 Å². The van der Waals surface area contributed by atoms with E-state index in [0.717, 1.165) is 25.9 Å². The molecule has 2 heterocycles. The highest BCUT2D eigenvalue weighted by atomic mass is 16.5. The first-order chi connectivity index (χ1) is 11.2. The molecule has 0 radical (unpaired) electrons. The zero-order valence-corrected chi connectivity index (χ0v) is 12.6. The molecule has 2 aromatic rings. The molecule has 0 bridgehead atoms. The number of amides is 1. The summed E-state index contributed by atoms with van der Waals surface area (Å²) in [6, 6.07) is 8.23. The summed E-state index contributed by atoms with van der Waals surface area (Å²) in [5.74, 6) is -0.589. The molecule has 2 N–H and O–H groups in total. The van der Waals surface area contributed by atoms with Crippen LogP contribution in [-0.4, -0.2) is 31.1 Å². The molecule has 1 aliphatic heterocycles. The van der Waals surface area contributed by atoms with E-state index in [-0.39, 0.29) is 18.0 Å². The lowest BCUT2D eigenvalue weighted by Gasteiger charge is -2.22. The molecule has 1 amide bonds. The van der Waals surface area contributed by atoms with Crippen molar-refractivity contribution in [2.75, 3.05) is 18.4 Å². The number of hydrogen-bond acceptors (Lipinski definition) is 5. The average molecular weight is 314 g/mol. The van der Waals surface area contributed by atoms with Crippen LogP contribution in [0.15, 0.2) is 47.3 Å². The number of furan rings is 1. The average Bonchev–Trinajstić information content (AvgIpc) is 3.11. The maximum atomic E-state index is 12.1. The number of rotatable bonds is 4. The largest absolute Gasteiger partial charge is 0.472 e. The predicted octanol–water partition coefficient (Wildman–Crippen LogP) is 2.44. The van der Waals surface area contributed by atoms with E-state index < -0.39 is 0 Å². The fourth-order valence-corrected chi connectivity index (χ4v) is 2.42. The normalized spacial score (nSPS) is 15.1. The highest BCUT2D eigenvalue weighted by molar-refractivity contribution is 6.04. The maximum Gasteiger partial charge on any atom is 0.338 e. The molecule has 6 nitrogen and oxygen atoms in total. The lowest BCUT2D eigenvalue weighted by molar-refractivity contribution is 0.0229. The van der Waals surface area contributed by atoms with E-state index in [9.17, 15) is 9.59 Å². The number of carbonyl (C=O) groups is 2. The summed E-state index contributed by atoms with van der Waals surface area (Å²) < 4.78 is 10.3. The van der Waals surface area contributed by atoms with Crippen molar-refractivity contribution in [3.8, 4) is 0 Å². The molecule has 0 aliphatic carbocycles. The Labute approximate surface area is 133 Å². The van der Waals surface area contributed by atoms with Crippen molar-refractivity contribution in [3.05, 3.63) is 54.0 Å². The van der Waals surface area contributed by atoms with Crippen molar-refractivity contribution < 1.29 is 18.7 Å². The molecule has 120 valence electrons. The first-order valence-electron chi connectivity index (χ1n) is 7.58. The van der Waals surface area contributed by atoms with Gasteiger partial charge in [0.15, 0.2) is 0 Å². The number of nitrogens with one attached hydrogen (secondary N) is 2. The second-order valence-corrected chi connectivity index (χ2v) is 5.40. The first-order valence-corrected chi connectivity index (χ1v) is 7.58. The van der Waals surface area contributed by atoms with Crippen LogP contribution in [-0.2, 0) is 4.74 Å². The van der Waals surface area contributed by atoms with Crippen molar-refractivity contribution in [1.29, 1.82) is 0 Å². The van der Waals surface area contributed by atoms with Gasteiger partial charge in [-0.3, -0.25) is 4.79 Å². The summed E-state index contributed by atoms with van der Waals surface area (Å²) in [7, 11) is 0. The third kappa shape index (κ3) is 3.98. The molecule has 1 aromatic heterocycles. The molecule has 0 unspecified atom stereocenters. The summed E-state index contributed by atoms with van der Waals surface area (Å²) in [6.45, 7) is 1.74. The number of carbonyl (C=O) groups excluding carboxylic acids is 2. The molecule has 0 spiro atoms. The molecule has 1 saturated heterocycles. The minimum Gasteiger partial charge on any atom is -0.472 e. The fourth-order valence-electron chi connectivity index (χ4n) is 2.42. The summed E-state index contributed by atoms with van der Waals surface area (Å²) in [6.07, 6.45) is 4.47. The molecule has 6 heteroatoms. The number of piperidine rings is 1.